The molecule has 86 valence electrons. The largest absolute Gasteiger partial charge is 0.463 e. The van der Waals surface area contributed by atoms with E-state index in [2.05, 4.69) is 18.7 Å². The van der Waals surface area contributed by atoms with E-state index in [9.17, 15) is 4.79 Å². The third kappa shape index (κ3) is 10.9. The maximum atomic E-state index is 10.7. The van der Waals surface area contributed by atoms with Crippen LogP contribution in [0.25, 0.3) is 0 Å². The maximum absolute atomic E-state index is 10.7. The minimum absolute atomic E-state index is 0.317. The van der Waals surface area contributed by atoms with Crippen LogP contribution in [0.1, 0.15) is 45.4 Å². The average Bonchev–Trinajstić information content (AvgIpc) is 2.26. The molecule has 0 atom stereocenters. The van der Waals surface area contributed by atoms with E-state index < -0.39 is 0 Å². The summed E-state index contributed by atoms with van der Waals surface area (Å²) in [6, 6.07) is 0. The second-order valence-electron chi connectivity index (χ2n) is 3.50. The lowest BCUT2D eigenvalue weighted by Crippen LogP contribution is -2.01. The molecular formula is C13H22O2. The zero-order valence-electron chi connectivity index (χ0n) is 9.71. The van der Waals surface area contributed by atoms with Crippen LogP contribution in [0, 0.1) is 0 Å². The highest BCUT2D eigenvalue weighted by Gasteiger charge is 1.94. The lowest BCUT2D eigenvalue weighted by Gasteiger charge is -2.01. The summed E-state index contributed by atoms with van der Waals surface area (Å²) in [5, 5.41) is 0. The molecule has 0 aromatic rings. The summed E-state index contributed by atoms with van der Waals surface area (Å²) < 4.78 is 4.87. The molecule has 0 rings (SSSR count). The highest BCUT2D eigenvalue weighted by molar-refractivity contribution is 5.81. The number of esters is 1. The number of carbonyl (C=O) groups excluding carboxylic acids is 1. The van der Waals surface area contributed by atoms with Crippen LogP contribution < -0.4 is 0 Å². The molecule has 0 heterocycles. The third-order valence-corrected chi connectivity index (χ3v) is 2.16. The summed E-state index contributed by atoms with van der Waals surface area (Å²) >= 11 is 0. The van der Waals surface area contributed by atoms with Gasteiger partial charge in [-0.1, -0.05) is 38.0 Å². The van der Waals surface area contributed by atoms with Gasteiger partial charge < -0.3 is 4.74 Å². The molecule has 0 aliphatic heterocycles. The van der Waals surface area contributed by atoms with Gasteiger partial charge in [-0.05, 0) is 26.2 Å². The molecular weight excluding hydrogens is 188 g/mol. The van der Waals surface area contributed by atoms with Crippen LogP contribution in [-0.4, -0.2) is 12.6 Å². The Hall–Kier alpha value is -1.05. The predicted molar refractivity (Wildman–Crippen MR) is 63.7 cm³/mol. The number of rotatable bonds is 9. The molecule has 0 spiro atoms. The van der Waals surface area contributed by atoms with Crippen molar-refractivity contribution in [1.29, 1.82) is 0 Å². The van der Waals surface area contributed by atoms with E-state index in [-0.39, 0.29) is 5.97 Å². The summed E-state index contributed by atoms with van der Waals surface area (Å²) in [6.45, 7) is 5.91. The van der Waals surface area contributed by atoms with Crippen molar-refractivity contribution in [2.45, 2.75) is 45.4 Å². The fourth-order valence-electron chi connectivity index (χ4n) is 1.29. The van der Waals surface area contributed by atoms with Crippen LogP contribution in [0.2, 0.25) is 0 Å². The molecule has 15 heavy (non-hydrogen) atoms. The zero-order chi connectivity index (χ0) is 11.4. The standard InChI is InChI=1S/C13H22O2/c1-3-5-6-7-8-9-10-11-12-15-13(14)4-2/h3-5H,2,6-12H2,1H3/b5-3+. The quantitative estimate of drug-likeness (QED) is 0.251. The molecule has 0 fully saturated rings. The van der Waals surface area contributed by atoms with Crippen molar-refractivity contribution in [2.24, 2.45) is 0 Å². The van der Waals surface area contributed by atoms with E-state index in [0.717, 1.165) is 12.8 Å². The van der Waals surface area contributed by atoms with Crippen molar-refractivity contribution in [1.82, 2.24) is 0 Å². The van der Waals surface area contributed by atoms with Crippen molar-refractivity contribution < 1.29 is 9.53 Å². The number of unbranched alkanes of at least 4 members (excludes halogenated alkanes) is 5. The Morgan fingerprint density at radius 2 is 1.87 bits per heavy atom. The van der Waals surface area contributed by atoms with E-state index in [4.69, 9.17) is 4.74 Å². The molecule has 0 aliphatic rings. The first kappa shape index (κ1) is 13.9. The Kier molecular flexibility index (Phi) is 10.3. The first-order valence-electron chi connectivity index (χ1n) is 5.71. The number of hydrogen-bond donors (Lipinski definition) is 0. The van der Waals surface area contributed by atoms with Crippen LogP contribution in [0.4, 0.5) is 0 Å². The predicted octanol–water partition coefficient (Wildman–Crippen LogP) is 3.63. The zero-order valence-corrected chi connectivity index (χ0v) is 9.71. The van der Waals surface area contributed by atoms with E-state index in [1.807, 2.05) is 6.92 Å². The van der Waals surface area contributed by atoms with Crippen molar-refractivity contribution >= 4 is 5.97 Å². The molecule has 2 heteroatoms. The van der Waals surface area contributed by atoms with Crippen LogP contribution in [0.3, 0.4) is 0 Å². The number of allylic oxidation sites excluding steroid dienone is 2. The number of hydrogen-bond acceptors (Lipinski definition) is 2. The highest BCUT2D eigenvalue weighted by atomic mass is 16.5. The van der Waals surface area contributed by atoms with Gasteiger partial charge in [-0.15, -0.1) is 0 Å². The van der Waals surface area contributed by atoms with Gasteiger partial charge in [0.1, 0.15) is 0 Å². The van der Waals surface area contributed by atoms with Gasteiger partial charge in [-0.3, -0.25) is 0 Å². The summed E-state index contributed by atoms with van der Waals surface area (Å²) in [5.41, 5.74) is 0. The van der Waals surface area contributed by atoms with E-state index in [0.29, 0.717) is 6.61 Å². The second kappa shape index (κ2) is 11.0. The monoisotopic (exact) mass is 210 g/mol. The minimum Gasteiger partial charge on any atom is -0.463 e. The smallest absolute Gasteiger partial charge is 0.330 e. The normalized spacial score (nSPS) is 10.5. The van der Waals surface area contributed by atoms with Gasteiger partial charge in [0, 0.05) is 6.08 Å². The molecule has 0 N–H and O–H groups in total. The molecule has 0 aromatic heterocycles. The van der Waals surface area contributed by atoms with Crippen LogP contribution >= 0.6 is 0 Å². The molecule has 0 amide bonds. The highest BCUT2D eigenvalue weighted by Crippen LogP contribution is 2.05. The van der Waals surface area contributed by atoms with Crippen molar-refractivity contribution in [3.63, 3.8) is 0 Å². The SMILES string of the molecule is C=CC(=O)OCCCCCCC/C=C/C. The molecule has 0 unspecified atom stereocenters. The Labute approximate surface area is 93.0 Å². The summed E-state index contributed by atoms with van der Waals surface area (Å²) in [6.07, 6.45) is 12.5. The Morgan fingerprint density at radius 1 is 1.20 bits per heavy atom. The lowest BCUT2D eigenvalue weighted by molar-refractivity contribution is -0.137. The maximum Gasteiger partial charge on any atom is 0.330 e. The van der Waals surface area contributed by atoms with E-state index >= 15 is 0 Å². The summed E-state index contributed by atoms with van der Waals surface area (Å²) in [7, 11) is 0. The van der Waals surface area contributed by atoms with Crippen LogP contribution in [-0.2, 0) is 9.53 Å². The van der Waals surface area contributed by atoms with Gasteiger partial charge in [0.25, 0.3) is 0 Å². The Morgan fingerprint density at radius 3 is 2.53 bits per heavy atom. The van der Waals surface area contributed by atoms with Gasteiger partial charge in [0.15, 0.2) is 0 Å². The third-order valence-electron chi connectivity index (χ3n) is 2.16. The molecule has 0 bridgehead atoms. The van der Waals surface area contributed by atoms with Gasteiger partial charge in [-0.2, -0.15) is 0 Å². The second-order valence-corrected chi connectivity index (χ2v) is 3.50. The van der Waals surface area contributed by atoms with Gasteiger partial charge in [0.05, 0.1) is 6.61 Å². The molecule has 2 nitrogen and oxygen atoms in total. The van der Waals surface area contributed by atoms with Gasteiger partial charge >= 0.3 is 5.97 Å². The average molecular weight is 210 g/mol. The molecule has 0 radical (unpaired) electrons. The first-order valence-corrected chi connectivity index (χ1v) is 5.71. The number of carbonyl (C=O) groups is 1. The first-order chi connectivity index (χ1) is 7.31. The van der Waals surface area contributed by atoms with E-state index in [1.165, 1.54) is 31.8 Å². The summed E-state index contributed by atoms with van der Waals surface area (Å²) in [4.78, 5) is 10.7. The Balaban J connectivity index is 3.05. The molecule has 0 saturated heterocycles. The Bertz CT molecular complexity index is 195. The van der Waals surface area contributed by atoms with Crippen molar-refractivity contribution in [2.75, 3.05) is 6.61 Å². The summed E-state index contributed by atoms with van der Waals surface area (Å²) in [5.74, 6) is -0.317. The van der Waals surface area contributed by atoms with Crippen molar-refractivity contribution in [3.05, 3.63) is 24.8 Å². The fourth-order valence-corrected chi connectivity index (χ4v) is 1.29. The van der Waals surface area contributed by atoms with Gasteiger partial charge in [0.2, 0.25) is 0 Å². The van der Waals surface area contributed by atoms with E-state index in [1.54, 1.807) is 0 Å². The minimum atomic E-state index is -0.317. The van der Waals surface area contributed by atoms with Crippen molar-refractivity contribution in [3.8, 4) is 0 Å². The van der Waals surface area contributed by atoms with Crippen LogP contribution in [0.5, 0.6) is 0 Å². The fraction of sp³-hybridized carbons (Fsp3) is 0.615. The molecule has 0 aromatic carbocycles. The van der Waals surface area contributed by atoms with Gasteiger partial charge in [-0.25, -0.2) is 4.79 Å². The lowest BCUT2D eigenvalue weighted by atomic mass is 10.1. The molecule has 0 aliphatic carbocycles. The number of ether oxygens (including phenoxy) is 1. The van der Waals surface area contributed by atoms with Crippen LogP contribution in [0.15, 0.2) is 24.8 Å². The topological polar surface area (TPSA) is 26.3 Å². The molecule has 0 saturated carbocycles.